The molecule has 4 rings (SSSR count). The van der Waals surface area contributed by atoms with Crippen LogP contribution in [-0.4, -0.2) is 43.1 Å². The molecule has 2 aliphatic rings. The van der Waals surface area contributed by atoms with E-state index in [2.05, 4.69) is 17.1 Å². The molecule has 1 aliphatic carbocycles. The van der Waals surface area contributed by atoms with Crippen LogP contribution >= 0.6 is 0 Å². The third-order valence-corrected chi connectivity index (χ3v) is 5.74. The van der Waals surface area contributed by atoms with E-state index in [1.807, 2.05) is 18.2 Å². The number of nitrogens with one attached hydrogen (secondary N) is 1. The van der Waals surface area contributed by atoms with Gasteiger partial charge < -0.3 is 14.5 Å². The van der Waals surface area contributed by atoms with E-state index in [4.69, 9.17) is 9.15 Å². The highest BCUT2D eigenvalue weighted by Gasteiger charge is 2.23. The highest BCUT2D eigenvalue weighted by atomic mass is 16.5. The number of hydrogen-bond donors (Lipinski definition) is 1. The predicted octanol–water partition coefficient (Wildman–Crippen LogP) is 3.29. The number of furan rings is 1. The van der Waals surface area contributed by atoms with Crippen molar-refractivity contribution in [3.8, 4) is 5.75 Å². The van der Waals surface area contributed by atoms with Gasteiger partial charge in [0.15, 0.2) is 6.61 Å². The minimum Gasteiger partial charge on any atom is -0.484 e. The van der Waals surface area contributed by atoms with E-state index in [0.29, 0.717) is 12.6 Å². The lowest BCUT2D eigenvalue weighted by Crippen LogP contribution is -2.41. The number of likely N-dealkylation sites (N-methyl/N-ethyl adjacent to an activating group) is 1. The lowest BCUT2D eigenvalue weighted by molar-refractivity contribution is -0.123. The van der Waals surface area contributed by atoms with Crippen LogP contribution in [0.2, 0.25) is 0 Å². The summed E-state index contributed by atoms with van der Waals surface area (Å²) in [6.07, 6.45) is 6.90. The highest BCUT2D eigenvalue weighted by Crippen LogP contribution is 2.33. The molecule has 1 aromatic carbocycles. The molecule has 2 heterocycles. The van der Waals surface area contributed by atoms with Crippen molar-refractivity contribution < 1.29 is 13.9 Å². The number of nitrogens with zero attached hydrogens (tertiary/aromatic N) is 1. The summed E-state index contributed by atoms with van der Waals surface area (Å²) in [5.41, 5.74) is 2.25. The Labute approximate surface area is 154 Å². The number of aryl methyl sites for hydroxylation is 2. The summed E-state index contributed by atoms with van der Waals surface area (Å²) in [6.45, 7) is 5.14. The minimum atomic E-state index is -0.0535. The SMILES string of the molecule is CCN1CCC[C@H]1CNC(=O)COc1ccc2oc3c(c2c1)CCCC3. The maximum Gasteiger partial charge on any atom is 0.257 e. The second-order valence-electron chi connectivity index (χ2n) is 7.39. The molecule has 1 aromatic heterocycles. The molecular formula is C21H28N2O3. The van der Waals surface area contributed by atoms with Crippen molar-refractivity contribution in [3.05, 3.63) is 29.5 Å². The predicted molar refractivity (Wildman–Crippen MR) is 102 cm³/mol. The Hall–Kier alpha value is -2.01. The number of likely N-dealkylation sites (tertiary alicyclic amines) is 1. The van der Waals surface area contributed by atoms with Crippen molar-refractivity contribution in [2.45, 2.75) is 51.5 Å². The molecular weight excluding hydrogens is 328 g/mol. The third-order valence-electron chi connectivity index (χ3n) is 5.74. The van der Waals surface area contributed by atoms with Crippen molar-refractivity contribution in [1.29, 1.82) is 0 Å². The Morgan fingerprint density at radius 3 is 3.08 bits per heavy atom. The molecule has 5 nitrogen and oxygen atoms in total. The summed E-state index contributed by atoms with van der Waals surface area (Å²) in [5, 5.41) is 4.16. The molecule has 26 heavy (non-hydrogen) atoms. The van der Waals surface area contributed by atoms with Crippen molar-refractivity contribution >= 4 is 16.9 Å². The van der Waals surface area contributed by atoms with Gasteiger partial charge in [-0.15, -0.1) is 0 Å². The fourth-order valence-electron chi connectivity index (χ4n) is 4.31. The Morgan fingerprint density at radius 1 is 1.31 bits per heavy atom. The number of fused-ring (bicyclic) bond motifs is 3. The smallest absolute Gasteiger partial charge is 0.257 e. The van der Waals surface area contributed by atoms with E-state index < -0.39 is 0 Å². The number of rotatable bonds is 6. The van der Waals surface area contributed by atoms with Crippen LogP contribution in [0.5, 0.6) is 5.75 Å². The highest BCUT2D eigenvalue weighted by molar-refractivity contribution is 5.84. The van der Waals surface area contributed by atoms with Crippen molar-refractivity contribution in [2.75, 3.05) is 26.2 Å². The summed E-state index contributed by atoms with van der Waals surface area (Å²) < 4.78 is 11.7. The Kier molecular flexibility index (Phi) is 5.16. The van der Waals surface area contributed by atoms with Crippen molar-refractivity contribution in [3.63, 3.8) is 0 Å². The summed E-state index contributed by atoms with van der Waals surface area (Å²) in [5.74, 6) is 1.80. The van der Waals surface area contributed by atoms with Gasteiger partial charge in [-0.25, -0.2) is 0 Å². The summed E-state index contributed by atoms with van der Waals surface area (Å²) in [7, 11) is 0. The van der Waals surface area contributed by atoms with Crippen LogP contribution in [0.25, 0.3) is 11.0 Å². The first-order valence-electron chi connectivity index (χ1n) is 9.92. The van der Waals surface area contributed by atoms with Gasteiger partial charge in [-0.1, -0.05) is 6.92 Å². The molecule has 0 bridgehead atoms. The Morgan fingerprint density at radius 2 is 2.19 bits per heavy atom. The summed E-state index contributed by atoms with van der Waals surface area (Å²) in [6, 6.07) is 6.34. The third kappa shape index (κ3) is 3.58. The zero-order chi connectivity index (χ0) is 17.9. The summed E-state index contributed by atoms with van der Waals surface area (Å²) in [4.78, 5) is 14.6. The first-order chi connectivity index (χ1) is 12.7. The molecule has 1 saturated heterocycles. The molecule has 2 aromatic rings. The van der Waals surface area contributed by atoms with Gasteiger partial charge >= 0.3 is 0 Å². The first kappa shape index (κ1) is 17.4. The van der Waals surface area contributed by atoms with Crippen LogP contribution in [0.1, 0.15) is 43.9 Å². The van der Waals surface area contributed by atoms with Crippen molar-refractivity contribution in [2.24, 2.45) is 0 Å². The molecule has 5 heteroatoms. The number of hydrogen-bond acceptors (Lipinski definition) is 4. The lowest BCUT2D eigenvalue weighted by Gasteiger charge is -2.22. The van der Waals surface area contributed by atoms with E-state index >= 15 is 0 Å². The van der Waals surface area contributed by atoms with Crippen LogP contribution in [0, 0.1) is 0 Å². The number of carbonyl (C=O) groups is 1. The van der Waals surface area contributed by atoms with E-state index in [1.165, 1.54) is 24.8 Å². The normalized spacial score (nSPS) is 20.3. The number of amides is 1. The largest absolute Gasteiger partial charge is 0.484 e. The fourth-order valence-corrected chi connectivity index (χ4v) is 4.31. The molecule has 140 valence electrons. The van der Waals surface area contributed by atoms with Gasteiger partial charge in [0.2, 0.25) is 0 Å². The maximum atomic E-state index is 12.1. The molecule has 0 radical (unpaired) electrons. The van der Waals surface area contributed by atoms with Crippen LogP contribution < -0.4 is 10.1 Å². The van der Waals surface area contributed by atoms with Gasteiger partial charge in [-0.05, 0) is 63.4 Å². The number of ether oxygens (including phenoxy) is 1. The lowest BCUT2D eigenvalue weighted by atomic mass is 9.96. The molecule has 0 spiro atoms. The van der Waals surface area contributed by atoms with Crippen molar-refractivity contribution in [1.82, 2.24) is 10.2 Å². The standard InChI is InChI=1S/C21H28N2O3/c1-2-23-11-5-6-15(23)13-22-21(24)14-25-16-9-10-20-18(12-16)17-7-3-4-8-19(17)26-20/h9-10,12,15H,2-8,11,13-14H2,1H3,(H,22,24)/t15-/m0/s1. The first-order valence-corrected chi connectivity index (χ1v) is 9.92. The number of carbonyl (C=O) groups excluding carboxylic acids is 1. The molecule has 0 unspecified atom stereocenters. The Balaban J connectivity index is 1.33. The van der Waals surface area contributed by atoms with E-state index in [1.54, 1.807) is 0 Å². The zero-order valence-electron chi connectivity index (χ0n) is 15.6. The quantitative estimate of drug-likeness (QED) is 0.863. The minimum absolute atomic E-state index is 0.0535. The molecule has 1 fully saturated rings. The monoisotopic (exact) mass is 356 g/mol. The topological polar surface area (TPSA) is 54.7 Å². The maximum absolute atomic E-state index is 12.1. The average molecular weight is 356 g/mol. The molecule has 1 aliphatic heterocycles. The van der Waals surface area contributed by atoms with Gasteiger partial charge in [-0.2, -0.15) is 0 Å². The average Bonchev–Trinajstić information content (AvgIpc) is 3.28. The molecule has 1 amide bonds. The van der Waals surface area contributed by atoms with Gasteiger partial charge in [-0.3, -0.25) is 9.69 Å². The number of benzene rings is 1. The van der Waals surface area contributed by atoms with Crippen LogP contribution in [0.4, 0.5) is 0 Å². The summed E-state index contributed by atoms with van der Waals surface area (Å²) >= 11 is 0. The van der Waals surface area contributed by atoms with Gasteiger partial charge in [0.1, 0.15) is 17.1 Å². The molecule has 0 saturated carbocycles. The molecule has 1 atom stereocenters. The van der Waals surface area contributed by atoms with E-state index in [-0.39, 0.29) is 12.5 Å². The molecule has 1 N–H and O–H groups in total. The van der Waals surface area contributed by atoms with Crippen LogP contribution in [-0.2, 0) is 17.6 Å². The fraction of sp³-hybridized carbons (Fsp3) is 0.571. The van der Waals surface area contributed by atoms with Gasteiger partial charge in [0.05, 0.1) is 0 Å². The van der Waals surface area contributed by atoms with E-state index in [0.717, 1.165) is 54.8 Å². The van der Waals surface area contributed by atoms with Gasteiger partial charge in [0, 0.05) is 30.0 Å². The second-order valence-corrected chi connectivity index (χ2v) is 7.39. The second kappa shape index (κ2) is 7.70. The van der Waals surface area contributed by atoms with Gasteiger partial charge in [0.25, 0.3) is 5.91 Å². The van der Waals surface area contributed by atoms with Crippen LogP contribution in [0.15, 0.2) is 22.6 Å². The van der Waals surface area contributed by atoms with Crippen LogP contribution in [0.3, 0.4) is 0 Å². The Bertz CT molecular complexity index is 783. The van der Waals surface area contributed by atoms with E-state index in [9.17, 15) is 4.79 Å². The zero-order valence-corrected chi connectivity index (χ0v) is 15.6.